The van der Waals surface area contributed by atoms with Crippen LogP contribution in [0.5, 0.6) is 11.5 Å². The van der Waals surface area contributed by atoms with Gasteiger partial charge in [0.15, 0.2) is 0 Å². The first-order chi connectivity index (χ1) is 19.5. The minimum atomic E-state index is -0.0621. The Kier molecular flexibility index (Phi) is 9.07. The van der Waals surface area contributed by atoms with E-state index < -0.39 is 0 Å². The first kappa shape index (κ1) is 28.2. The molecule has 2 aliphatic heterocycles. The van der Waals surface area contributed by atoms with Gasteiger partial charge in [-0.25, -0.2) is 0 Å². The van der Waals surface area contributed by atoms with Gasteiger partial charge in [0.1, 0.15) is 11.5 Å². The Balaban J connectivity index is 1.21. The number of fused-ring (bicyclic) bond motifs is 1. The standard InChI is InChI=1S/C32H39N3O4S/c1-4-5-19-39-27-12-8-25(9-13-27)32(37)35-18-17-33(21-23(35)2)30(36)22-34-16-14-29-28(15-20-40-29)31(34)24-6-10-26(38-3)11-7-24/h6-13,15,20,23,31H,4-5,14,16-19,21-22H2,1-3H3. The molecule has 0 bridgehead atoms. The van der Waals surface area contributed by atoms with E-state index in [0.29, 0.717) is 38.3 Å². The second-order valence-electron chi connectivity index (χ2n) is 10.6. The zero-order valence-corrected chi connectivity index (χ0v) is 24.5. The van der Waals surface area contributed by atoms with Gasteiger partial charge in [0.2, 0.25) is 5.91 Å². The number of thiophene rings is 1. The van der Waals surface area contributed by atoms with Gasteiger partial charge in [-0.15, -0.1) is 11.3 Å². The summed E-state index contributed by atoms with van der Waals surface area (Å²) >= 11 is 1.80. The number of amides is 2. The summed E-state index contributed by atoms with van der Waals surface area (Å²) in [4.78, 5) is 34.4. The third-order valence-electron chi connectivity index (χ3n) is 7.94. The second kappa shape index (κ2) is 12.9. The van der Waals surface area contributed by atoms with E-state index in [1.165, 1.54) is 16.0 Å². The van der Waals surface area contributed by atoms with Crippen molar-refractivity contribution in [3.05, 3.63) is 81.5 Å². The first-order valence-electron chi connectivity index (χ1n) is 14.2. The van der Waals surface area contributed by atoms with E-state index in [0.717, 1.165) is 37.3 Å². The van der Waals surface area contributed by atoms with Gasteiger partial charge in [-0.2, -0.15) is 0 Å². The molecule has 3 aromatic rings. The van der Waals surface area contributed by atoms with Crippen LogP contribution in [0.25, 0.3) is 0 Å². The molecular weight excluding hydrogens is 522 g/mol. The molecule has 1 fully saturated rings. The quantitative estimate of drug-likeness (QED) is 0.334. The highest BCUT2D eigenvalue weighted by Gasteiger charge is 2.34. The number of rotatable bonds is 9. The van der Waals surface area contributed by atoms with Crippen molar-refractivity contribution in [2.24, 2.45) is 0 Å². The van der Waals surface area contributed by atoms with E-state index in [9.17, 15) is 9.59 Å². The minimum absolute atomic E-state index is 0.000273. The van der Waals surface area contributed by atoms with Crippen LogP contribution >= 0.6 is 11.3 Å². The summed E-state index contributed by atoms with van der Waals surface area (Å²) in [6, 6.07) is 17.8. The SMILES string of the molecule is CCCCOc1ccc(C(=O)N2CCN(C(=O)CN3CCc4sccc4C3c3ccc(OC)cc3)CC2C)cc1. The number of hydrogen-bond donors (Lipinski definition) is 0. The van der Waals surface area contributed by atoms with E-state index in [1.54, 1.807) is 18.4 Å². The van der Waals surface area contributed by atoms with Gasteiger partial charge in [-0.1, -0.05) is 25.5 Å². The van der Waals surface area contributed by atoms with Gasteiger partial charge in [-0.05, 0) is 78.7 Å². The third-order valence-corrected chi connectivity index (χ3v) is 8.94. The average molecular weight is 562 g/mol. The van der Waals surface area contributed by atoms with E-state index in [1.807, 2.05) is 53.1 Å². The zero-order chi connectivity index (χ0) is 28.1. The number of carbonyl (C=O) groups is 2. The molecule has 0 saturated carbocycles. The fraction of sp³-hybridized carbons (Fsp3) is 0.438. The third kappa shape index (κ3) is 6.18. The molecule has 2 amide bonds. The number of nitrogens with zero attached hydrogens (tertiary/aromatic N) is 3. The van der Waals surface area contributed by atoms with Crippen molar-refractivity contribution in [1.82, 2.24) is 14.7 Å². The average Bonchev–Trinajstić information content (AvgIpc) is 3.46. The van der Waals surface area contributed by atoms with Gasteiger partial charge in [0, 0.05) is 42.7 Å². The maximum absolute atomic E-state index is 13.6. The predicted octanol–water partition coefficient (Wildman–Crippen LogP) is 5.26. The summed E-state index contributed by atoms with van der Waals surface area (Å²) in [6.45, 7) is 7.63. The van der Waals surface area contributed by atoms with Crippen molar-refractivity contribution in [3.8, 4) is 11.5 Å². The Morgan fingerprint density at radius 1 is 0.975 bits per heavy atom. The number of carbonyl (C=O) groups excluding carboxylic acids is 2. The van der Waals surface area contributed by atoms with Gasteiger partial charge < -0.3 is 19.3 Å². The van der Waals surface area contributed by atoms with Crippen LogP contribution in [0.1, 0.15) is 59.1 Å². The molecule has 2 aliphatic rings. The molecule has 1 aromatic heterocycles. The van der Waals surface area contributed by atoms with Crippen molar-refractivity contribution in [2.45, 2.75) is 45.2 Å². The lowest BCUT2D eigenvalue weighted by atomic mass is 9.93. The lowest BCUT2D eigenvalue weighted by Crippen LogP contribution is -2.57. The van der Waals surface area contributed by atoms with E-state index >= 15 is 0 Å². The Bertz CT molecular complexity index is 1290. The van der Waals surface area contributed by atoms with Crippen molar-refractivity contribution < 1.29 is 19.1 Å². The highest BCUT2D eigenvalue weighted by molar-refractivity contribution is 7.10. The first-order valence-corrected chi connectivity index (χ1v) is 15.1. The highest BCUT2D eigenvalue weighted by atomic mass is 32.1. The van der Waals surface area contributed by atoms with Crippen LogP contribution in [-0.2, 0) is 11.2 Å². The maximum Gasteiger partial charge on any atom is 0.254 e. The predicted molar refractivity (Wildman–Crippen MR) is 158 cm³/mol. The highest BCUT2D eigenvalue weighted by Crippen LogP contribution is 2.38. The summed E-state index contributed by atoms with van der Waals surface area (Å²) in [7, 11) is 1.67. The lowest BCUT2D eigenvalue weighted by molar-refractivity contribution is -0.135. The fourth-order valence-corrected chi connectivity index (χ4v) is 6.57. The van der Waals surface area contributed by atoms with Crippen LogP contribution in [0.3, 0.4) is 0 Å². The zero-order valence-electron chi connectivity index (χ0n) is 23.7. The summed E-state index contributed by atoms with van der Waals surface area (Å²) in [5, 5.41) is 2.15. The number of benzene rings is 2. The maximum atomic E-state index is 13.6. The molecule has 7 nitrogen and oxygen atoms in total. The number of hydrogen-bond acceptors (Lipinski definition) is 6. The molecule has 212 valence electrons. The molecule has 2 atom stereocenters. The van der Waals surface area contributed by atoms with Crippen molar-refractivity contribution >= 4 is 23.2 Å². The van der Waals surface area contributed by atoms with Crippen LogP contribution in [0.2, 0.25) is 0 Å². The van der Waals surface area contributed by atoms with Crippen LogP contribution in [0, 0.1) is 0 Å². The molecule has 2 unspecified atom stereocenters. The van der Waals surface area contributed by atoms with E-state index in [2.05, 4.69) is 35.4 Å². The summed E-state index contributed by atoms with van der Waals surface area (Å²) in [6.07, 6.45) is 3.05. The molecule has 5 rings (SSSR count). The smallest absolute Gasteiger partial charge is 0.254 e. The fourth-order valence-electron chi connectivity index (χ4n) is 5.67. The monoisotopic (exact) mass is 561 g/mol. The molecule has 0 N–H and O–H groups in total. The normalized spacial score (nSPS) is 19.3. The Labute approximate surface area is 241 Å². The van der Waals surface area contributed by atoms with Crippen LogP contribution < -0.4 is 9.47 Å². The van der Waals surface area contributed by atoms with Gasteiger partial charge in [-0.3, -0.25) is 14.5 Å². The number of piperazine rings is 1. The lowest BCUT2D eigenvalue weighted by Gasteiger charge is -2.42. The Morgan fingerprint density at radius 3 is 2.42 bits per heavy atom. The van der Waals surface area contributed by atoms with Crippen LogP contribution in [0.15, 0.2) is 60.0 Å². The molecule has 8 heteroatoms. The van der Waals surface area contributed by atoms with Gasteiger partial charge in [0.05, 0.1) is 26.3 Å². The number of ether oxygens (including phenoxy) is 2. The largest absolute Gasteiger partial charge is 0.497 e. The van der Waals surface area contributed by atoms with E-state index in [-0.39, 0.29) is 23.9 Å². The Hall–Kier alpha value is -3.36. The molecule has 0 radical (unpaired) electrons. The molecule has 1 saturated heterocycles. The Morgan fingerprint density at radius 2 is 1.73 bits per heavy atom. The topological polar surface area (TPSA) is 62.3 Å². The molecule has 0 spiro atoms. The van der Waals surface area contributed by atoms with Crippen LogP contribution in [-0.4, -0.2) is 79.0 Å². The summed E-state index contributed by atoms with van der Waals surface area (Å²) in [5.41, 5.74) is 3.11. The minimum Gasteiger partial charge on any atom is -0.497 e. The summed E-state index contributed by atoms with van der Waals surface area (Å²) < 4.78 is 11.1. The van der Waals surface area contributed by atoms with Crippen molar-refractivity contribution in [2.75, 3.05) is 46.4 Å². The second-order valence-corrected chi connectivity index (χ2v) is 11.6. The molecule has 2 aromatic carbocycles. The van der Waals surface area contributed by atoms with E-state index in [4.69, 9.17) is 9.47 Å². The molecular formula is C32H39N3O4S. The summed E-state index contributed by atoms with van der Waals surface area (Å²) in [5.74, 6) is 1.73. The van der Waals surface area contributed by atoms with Crippen molar-refractivity contribution in [1.29, 1.82) is 0 Å². The van der Waals surface area contributed by atoms with Crippen LogP contribution in [0.4, 0.5) is 0 Å². The van der Waals surface area contributed by atoms with Crippen molar-refractivity contribution in [3.63, 3.8) is 0 Å². The molecule has 0 aliphatic carbocycles. The number of methoxy groups -OCH3 is 1. The molecule has 3 heterocycles. The number of unbranched alkanes of at least 4 members (excludes halogenated alkanes) is 1. The van der Waals surface area contributed by atoms with Gasteiger partial charge >= 0.3 is 0 Å². The molecule has 40 heavy (non-hydrogen) atoms. The van der Waals surface area contributed by atoms with Gasteiger partial charge in [0.25, 0.3) is 5.91 Å².